The Hall–Kier alpha value is -1.62. The summed E-state index contributed by atoms with van der Waals surface area (Å²) in [7, 11) is -4.35. The van der Waals surface area contributed by atoms with Crippen LogP contribution in [0.15, 0.2) is 35.6 Å². The van der Waals surface area contributed by atoms with Crippen LogP contribution in [-0.2, 0) is 10.0 Å². The van der Waals surface area contributed by atoms with Crippen LogP contribution in [0.4, 0.5) is 14.5 Å². The van der Waals surface area contributed by atoms with Gasteiger partial charge in [0, 0.05) is 11.9 Å². The summed E-state index contributed by atoms with van der Waals surface area (Å²) in [5.41, 5.74) is -0.164. The second-order valence-electron chi connectivity index (χ2n) is 4.41. The molecule has 0 saturated heterocycles. The van der Waals surface area contributed by atoms with Gasteiger partial charge in [0.25, 0.3) is 21.0 Å². The van der Waals surface area contributed by atoms with Crippen LogP contribution in [0.25, 0.3) is 5.78 Å². The molecule has 1 aromatic carbocycles. The number of benzene rings is 1. The standard InChI is InChI=1S/C12H9F2N5O2S.Na.H/c1-7-5-6-19-11(15-7)16-12(17-19)22(20,21)18-10-8(13)3-2-4-9(10)14;;/h2-6,18H,1H3;;. The van der Waals surface area contributed by atoms with E-state index in [1.165, 1.54) is 6.20 Å². The number of hydrogen-bond acceptors (Lipinski definition) is 5. The van der Waals surface area contributed by atoms with Crippen LogP contribution in [0.2, 0.25) is 0 Å². The fourth-order valence-corrected chi connectivity index (χ4v) is 2.69. The number of para-hydroxylation sites is 1. The van der Waals surface area contributed by atoms with Crippen molar-refractivity contribution < 1.29 is 17.2 Å². The number of anilines is 1. The number of hydrogen-bond donors (Lipinski definition) is 1. The van der Waals surface area contributed by atoms with Crippen molar-refractivity contribution in [2.45, 2.75) is 12.1 Å². The number of aryl methyl sites for hydroxylation is 1. The van der Waals surface area contributed by atoms with Gasteiger partial charge in [0.2, 0.25) is 0 Å². The topological polar surface area (TPSA) is 89.3 Å². The van der Waals surface area contributed by atoms with Crippen LogP contribution in [0.3, 0.4) is 0 Å². The van der Waals surface area contributed by atoms with E-state index < -0.39 is 32.5 Å². The van der Waals surface area contributed by atoms with Crippen molar-refractivity contribution in [1.29, 1.82) is 0 Å². The van der Waals surface area contributed by atoms with Crippen molar-refractivity contribution in [2.75, 3.05) is 4.72 Å². The maximum atomic E-state index is 13.5. The van der Waals surface area contributed by atoms with Gasteiger partial charge in [-0.25, -0.2) is 18.3 Å². The summed E-state index contributed by atoms with van der Waals surface area (Å²) < 4.78 is 54.3. The van der Waals surface area contributed by atoms with Gasteiger partial charge in [-0.2, -0.15) is 13.4 Å². The minimum absolute atomic E-state index is 0. The van der Waals surface area contributed by atoms with Gasteiger partial charge < -0.3 is 0 Å². The average molecular weight is 349 g/mol. The molecule has 0 aliphatic rings. The van der Waals surface area contributed by atoms with E-state index in [1.807, 2.05) is 0 Å². The number of sulfonamides is 1. The Labute approximate surface area is 152 Å². The molecule has 11 heteroatoms. The van der Waals surface area contributed by atoms with Crippen LogP contribution in [0.1, 0.15) is 5.69 Å². The SMILES string of the molecule is Cc1ccn2nc(S(=O)(=O)Nc3c(F)cccc3F)nc2n1.[NaH]. The van der Waals surface area contributed by atoms with E-state index in [2.05, 4.69) is 15.1 Å². The molecule has 0 saturated carbocycles. The van der Waals surface area contributed by atoms with Crippen molar-refractivity contribution in [3.63, 3.8) is 0 Å². The third-order valence-corrected chi connectivity index (χ3v) is 3.89. The van der Waals surface area contributed by atoms with E-state index >= 15 is 0 Å². The van der Waals surface area contributed by atoms with Crippen molar-refractivity contribution in [2.24, 2.45) is 0 Å². The monoisotopic (exact) mass is 349 g/mol. The minimum atomic E-state index is -4.35. The first-order valence-corrected chi connectivity index (χ1v) is 7.52. The van der Waals surface area contributed by atoms with Crippen molar-refractivity contribution >= 4 is 51.0 Å². The Kier molecular flexibility index (Phi) is 4.99. The molecule has 2 aromatic heterocycles. The number of nitrogens with zero attached hydrogens (tertiary/aromatic N) is 4. The molecule has 0 unspecified atom stereocenters. The zero-order chi connectivity index (χ0) is 15.9. The van der Waals surface area contributed by atoms with Crippen LogP contribution >= 0.6 is 0 Å². The summed E-state index contributed by atoms with van der Waals surface area (Å²) in [6.45, 7) is 1.70. The van der Waals surface area contributed by atoms with Crippen LogP contribution in [0, 0.1) is 18.6 Å². The van der Waals surface area contributed by atoms with E-state index in [-0.39, 0.29) is 35.3 Å². The molecule has 0 aliphatic carbocycles. The molecule has 0 bridgehead atoms. The molecule has 0 atom stereocenters. The summed E-state index contributed by atoms with van der Waals surface area (Å²) in [6.07, 6.45) is 1.48. The molecule has 0 amide bonds. The van der Waals surface area contributed by atoms with Crippen LogP contribution in [0.5, 0.6) is 0 Å². The van der Waals surface area contributed by atoms with E-state index in [1.54, 1.807) is 17.7 Å². The maximum absolute atomic E-state index is 13.5. The Bertz CT molecular complexity index is 956. The second-order valence-corrected chi connectivity index (χ2v) is 5.99. The summed E-state index contributed by atoms with van der Waals surface area (Å²) in [5.74, 6) is -2.02. The van der Waals surface area contributed by atoms with E-state index in [0.717, 1.165) is 22.7 Å². The third-order valence-electron chi connectivity index (χ3n) is 2.77. The first-order valence-electron chi connectivity index (χ1n) is 6.04. The number of aromatic nitrogens is 4. The summed E-state index contributed by atoms with van der Waals surface area (Å²) in [5, 5.41) is 3.10. The van der Waals surface area contributed by atoms with Crippen LogP contribution in [-0.4, -0.2) is 57.6 Å². The molecule has 3 aromatic rings. The predicted octanol–water partition coefficient (Wildman–Crippen LogP) is 0.863. The number of halogens is 2. The van der Waals surface area contributed by atoms with Gasteiger partial charge >= 0.3 is 29.6 Å². The molecule has 3 rings (SSSR count). The zero-order valence-corrected chi connectivity index (χ0v) is 12.0. The first-order chi connectivity index (χ1) is 10.4. The van der Waals surface area contributed by atoms with E-state index in [0.29, 0.717) is 5.69 Å². The number of fused-ring (bicyclic) bond motifs is 1. The first kappa shape index (κ1) is 17.7. The van der Waals surface area contributed by atoms with Gasteiger partial charge in [0.1, 0.15) is 17.3 Å². The van der Waals surface area contributed by atoms with Gasteiger partial charge in [0.05, 0.1) is 0 Å². The van der Waals surface area contributed by atoms with E-state index in [4.69, 9.17) is 0 Å². The van der Waals surface area contributed by atoms with Gasteiger partial charge in [0.15, 0.2) is 0 Å². The fourth-order valence-electron chi connectivity index (χ4n) is 1.73. The summed E-state index contributed by atoms with van der Waals surface area (Å²) in [6, 6.07) is 4.60. The number of rotatable bonds is 3. The molecular formula is C12H10F2N5NaO2S. The molecule has 23 heavy (non-hydrogen) atoms. The molecule has 116 valence electrons. The molecule has 1 N–H and O–H groups in total. The average Bonchev–Trinajstić information content (AvgIpc) is 2.87. The van der Waals surface area contributed by atoms with Crippen molar-refractivity contribution in [1.82, 2.24) is 19.6 Å². The van der Waals surface area contributed by atoms with Gasteiger partial charge in [-0.3, -0.25) is 4.72 Å². The Balaban J connectivity index is 0.00000192. The van der Waals surface area contributed by atoms with Crippen molar-refractivity contribution in [3.8, 4) is 0 Å². The molecular weight excluding hydrogens is 339 g/mol. The molecule has 0 fully saturated rings. The molecule has 2 heterocycles. The quantitative estimate of drug-likeness (QED) is 0.709. The Morgan fingerprint density at radius 2 is 1.78 bits per heavy atom. The Morgan fingerprint density at radius 3 is 2.43 bits per heavy atom. The van der Waals surface area contributed by atoms with Crippen molar-refractivity contribution in [3.05, 3.63) is 47.8 Å². The van der Waals surface area contributed by atoms with E-state index in [9.17, 15) is 17.2 Å². The second kappa shape index (κ2) is 6.48. The summed E-state index contributed by atoms with van der Waals surface area (Å²) >= 11 is 0. The fraction of sp³-hybridized carbons (Fsp3) is 0.0833. The normalized spacial score (nSPS) is 11.3. The van der Waals surface area contributed by atoms with Gasteiger partial charge in [-0.15, -0.1) is 5.10 Å². The van der Waals surface area contributed by atoms with Gasteiger partial charge in [-0.1, -0.05) is 6.07 Å². The van der Waals surface area contributed by atoms with Gasteiger partial charge in [-0.05, 0) is 25.1 Å². The predicted molar refractivity (Wildman–Crippen MR) is 79.8 cm³/mol. The molecule has 7 nitrogen and oxygen atoms in total. The third kappa shape index (κ3) is 3.50. The molecule has 0 radical (unpaired) electrons. The molecule has 0 aliphatic heterocycles. The Morgan fingerprint density at radius 1 is 1.13 bits per heavy atom. The number of nitrogens with one attached hydrogen (secondary N) is 1. The molecule has 0 spiro atoms. The summed E-state index contributed by atoms with van der Waals surface area (Å²) in [4.78, 5) is 7.75. The van der Waals surface area contributed by atoms with Crippen LogP contribution < -0.4 is 4.72 Å². The zero-order valence-electron chi connectivity index (χ0n) is 11.2.